The van der Waals surface area contributed by atoms with Crippen LogP contribution in [0.4, 0.5) is 5.69 Å². The Labute approximate surface area is 149 Å². The van der Waals surface area contributed by atoms with Gasteiger partial charge < -0.3 is 4.84 Å². The highest BCUT2D eigenvalue weighted by molar-refractivity contribution is 6.27. The number of nitrogens with zero attached hydrogens (tertiary/aromatic N) is 3. The first-order chi connectivity index (χ1) is 12.1. The van der Waals surface area contributed by atoms with Gasteiger partial charge in [-0.15, -0.1) is 11.6 Å². The third-order valence-electron chi connectivity index (χ3n) is 4.48. The van der Waals surface area contributed by atoms with E-state index < -0.39 is 10.6 Å². The van der Waals surface area contributed by atoms with E-state index in [2.05, 4.69) is 10.6 Å². The smallest absolute Gasteiger partial charge is 0.270 e. The zero-order chi connectivity index (χ0) is 17.9. The van der Waals surface area contributed by atoms with Crippen molar-refractivity contribution in [2.24, 2.45) is 5.16 Å². The number of non-ortho nitro benzene ring substituents is 1. The lowest BCUT2D eigenvalue weighted by atomic mass is 10.0. The van der Waals surface area contributed by atoms with Crippen molar-refractivity contribution >= 4 is 29.0 Å². The SMILES string of the molecule is O=C(CCl)NN1C(c2cccc([N+](=O)[O-])c2)=NOC12CCCCCC2. The van der Waals surface area contributed by atoms with E-state index in [0.29, 0.717) is 24.2 Å². The standard InChI is InChI=1S/C16H19ClN4O4/c17-11-14(22)18-20-15(12-6-5-7-13(10-12)21(23)24)19-25-16(20)8-3-1-2-4-9-16/h5-7,10H,1-4,8-9,11H2,(H,18,22). The normalized spacial score (nSPS) is 19.1. The minimum atomic E-state index is -0.766. The van der Waals surface area contributed by atoms with Crippen LogP contribution >= 0.6 is 11.6 Å². The Kier molecular flexibility index (Phi) is 5.08. The molecule has 1 aliphatic heterocycles. The highest BCUT2D eigenvalue weighted by Crippen LogP contribution is 2.38. The number of amides is 1. The maximum Gasteiger partial charge on any atom is 0.270 e. The van der Waals surface area contributed by atoms with Crippen molar-refractivity contribution in [3.8, 4) is 0 Å². The van der Waals surface area contributed by atoms with Crippen molar-refractivity contribution in [3.63, 3.8) is 0 Å². The quantitative estimate of drug-likeness (QED) is 0.502. The van der Waals surface area contributed by atoms with Gasteiger partial charge in [0.2, 0.25) is 5.72 Å². The number of halogens is 1. The first kappa shape index (κ1) is 17.5. The zero-order valence-electron chi connectivity index (χ0n) is 13.6. The maximum atomic E-state index is 11.9. The first-order valence-corrected chi connectivity index (χ1v) is 8.76. The largest absolute Gasteiger partial charge is 0.363 e. The predicted molar refractivity (Wildman–Crippen MR) is 91.9 cm³/mol. The van der Waals surface area contributed by atoms with Gasteiger partial charge in [-0.1, -0.05) is 30.1 Å². The van der Waals surface area contributed by atoms with Crippen molar-refractivity contribution in [2.75, 3.05) is 5.88 Å². The maximum absolute atomic E-state index is 11.9. The molecule has 1 saturated carbocycles. The van der Waals surface area contributed by atoms with E-state index in [1.54, 1.807) is 17.1 Å². The van der Waals surface area contributed by atoms with Gasteiger partial charge in [-0.05, 0) is 12.8 Å². The third kappa shape index (κ3) is 3.53. The summed E-state index contributed by atoms with van der Waals surface area (Å²) in [5.74, 6) is -0.229. The molecule has 1 spiro atoms. The summed E-state index contributed by atoms with van der Waals surface area (Å²) in [6, 6.07) is 6.10. The monoisotopic (exact) mass is 366 g/mol. The van der Waals surface area contributed by atoms with Crippen LogP contribution in [0.25, 0.3) is 0 Å². The molecule has 25 heavy (non-hydrogen) atoms. The molecule has 1 N–H and O–H groups in total. The second-order valence-electron chi connectivity index (χ2n) is 6.18. The number of alkyl halides is 1. The zero-order valence-corrected chi connectivity index (χ0v) is 14.4. The second-order valence-corrected chi connectivity index (χ2v) is 6.45. The minimum Gasteiger partial charge on any atom is -0.363 e. The van der Waals surface area contributed by atoms with Crippen molar-refractivity contribution in [1.29, 1.82) is 0 Å². The lowest BCUT2D eigenvalue weighted by Crippen LogP contribution is -2.57. The Bertz CT molecular complexity index is 701. The number of carbonyl (C=O) groups excluding carboxylic acids is 1. The fourth-order valence-electron chi connectivity index (χ4n) is 3.25. The Morgan fingerprint density at radius 2 is 2.08 bits per heavy atom. The van der Waals surface area contributed by atoms with Crippen LogP contribution in [0.3, 0.4) is 0 Å². The molecule has 1 aliphatic carbocycles. The van der Waals surface area contributed by atoms with E-state index in [9.17, 15) is 14.9 Å². The van der Waals surface area contributed by atoms with Crippen LogP contribution in [0.15, 0.2) is 29.4 Å². The van der Waals surface area contributed by atoms with Crippen LogP contribution in [0.5, 0.6) is 0 Å². The number of amidine groups is 1. The number of carbonyl (C=O) groups is 1. The summed E-state index contributed by atoms with van der Waals surface area (Å²) in [5, 5.41) is 16.8. The average Bonchev–Trinajstić information content (AvgIpc) is 2.80. The molecular formula is C16H19ClN4O4. The topological polar surface area (TPSA) is 97.1 Å². The second kappa shape index (κ2) is 7.26. The molecular weight excluding hydrogens is 348 g/mol. The summed E-state index contributed by atoms with van der Waals surface area (Å²) in [6.45, 7) is 0. The van der Waals surface area contributed by atoms with Crippen molar-refractivity contribution in [2.45, 2.75) is 44.2 Å². The highest BCUT2D eigenvalue weighted by atomic mass is 35.5. The van der Waals surface area contributed by atoms with Gasteiger partial charge in [0.05, 0.1) is 4.92 Å². The Morgan fingerprint density at radius 3 is 2.72 bits per heavy atom. The van der Waals surface area contributed by atoms with Gasteiger partial charge in [0, 0.05) is 30.5 Å². The third-order valence-corrected chi connectivity index (χ3v) is 4.72. The number of hydrogen-bond donors (Lipinski definition) is 1. The molecule has 134 valence electrons. The average molecular weight is 367 g/mol. The van der Waals surface area contributed by atoms with Crippen molar-refractivity contribution < 1.29 is 14.6 Å². The summed E-state index contributed by atoms with van der Waals surface area (Å²) < 4.78 is 0. The lowest BCUT2D eigenvalue weighted by Gasteiger charge is -2.36. The van der Waals surface area contributed by atoms with Gasteiger partial charge in [0.25, 0.3) is 11.6 Å². The van der Waals surface area contributed by atoms with Gasteiger partial charge in [0.15, 0.2) is 5.84 Å². The van der Waals surface area contributed by atoms with Gasteiger partial charge in [-0.2, -0.15) is 0 Å². The molecule has 1 amide bonds. The molecule has 0 atom stereocenters. The molecule has 1 aromatic rings. The molecule has 0 radical (unpaired) electrons. The lowest BCUT2D eigenvalue weighted by molar-refractivity contribution is -0.384. The molecule has 3 rings (SSSR count). The number of hydrazine groups is 1. The van der Waals surface area contributed by atoms with Gasteiger partial charge in [0.1, 0.15) is 5.88 Å². The molecule has 0 unspecified atom stereocenters. The predicted octanol–water partition coefficient (Wildman–Crippen LogP) is 2.91. The summed E-state index contributed by atoms with van der Waals surface area (Å²) in [4.78, 5) is 28.3. The summed E-state index contributed by atoms with van der Waals surface area (Å²) in [6.07, 6.45) is 5.49. The van der Waals surface area contributed by atoms with E-state index in [-0.39, 0.29) is 17.5 Å². The molecule has 0 aromatic heterocycles. The van der Waals surface area contributed by atoms with Crippen LogP contribution in [0, 0.1) is 10.1 Å². The van der Waals surface area contributed by atoms with E-state index in [1.165, 1.54) is 12.1 Å². The number of oxime groups is 1. The summed E-state index contributed by atoms with van der Waals surface area (Å²) in [7, 11) is 0. The number of nitrogens with one attached hydrogen (secondary N) is 1. The van der Waals surface area contributed by atoms with Crippen LogP contribution in [-0.2, 0) is 9.63 Å². The first-order valence-electron chi connectivity index (χ1n) is 8.22. The Balaban J connectivity index is 1.95. The molecule has 0 bridgehead atoms. The van der Waals surface area contributed by atoms with Gasteiger partial charge in [-0.25, -0.2) is 5.01 Å². The van der Waals surface area contributed by atoms with E-state index in [0.717, 1.165) is 25.7 Å². The number of nitro benzene ring substituents is 1. The molecule has 8 nitrogen and oxygen atoms in total. The Morgan fingerprint density at radius 1 is 1.36 bits per heavy atom. The van der Waals surface area contributed by atoms with E-state index >= 15 is 0 Å². The molecule has 2 aliphatic rings. The fourth-order valence-corrected chi connectivity index (χ4v) is 3.31. The summed E-state index contributed by atoms with van der Waals surface area (Å²) >= 11 is 5.64. The van der Waals surface area contributed by atoms with Crippen LogP contribution in [-0.4, -0.2) is 33.3 Å². The molecule has 1 aromatic carbocycles. The van der Waals surface area contributed by atoms with Gasteiger partial charge in [-0.3, -0.25) is 20.3 Å². The summed E-state index contributed by atoms with van der Waals surface area (Å²) in [5.41, 5.74) is 2.44. The van der Waals surface area contributed by atoms with Crippen molar-refractivity contribution in [3.05, 3.63) is 39.9 Å². The van der Waals surface area contributed by atoms with Crippen molar-refractivity contribution in [1.82, 2.24) is 10.4 Å². The molecule has 1 heterocycles. The number of benzene rings is 1. The van der Waals surface area contributed by atoms with Crippen LogP contribution in [0.2, 0.25) is 0 Å². The van der Waals surface area contributed by atoms with E-state index in [1.807, 2.05) is 0 Å². The number of hydrogen-bond acceptors (Lipinski definition) is 6. The minimum absolute atomic E-state index is 0.0503. The van der Waals surface area contributed by atoms with E-state index in [4.69, 9.17) is 16.4 Å². The molecule has 0 saturated heterocycles. The fraction of sp³-hybridized carbons (Fsp3) is 0.500. The molecule has 1 fully saturated rings. The highest BCUT2D eigenvalue weighted by Gasteiger charge is 2.47. The number of rotatable bonds is 4. The van der Waals surface area contributed by atoms with Crippen LogP contribution < -0.4 is 5.43 Å². The van der Waals surface area contributed by atoms with Gasteiger partial charge >= 0.3 is 0 Å². The molecule has 9 heteroatoms. The Hall–Kier alpha value is -2.35. The van der Waals surface area contributed by atoms with Crippen LogP contribution in [0.1, 0.15) is 44.1 Å². The number of nitro groups is 1.